The summed E-state index contributed by atoms with van der Waals surface area (Å²) in [5.74, 6) is -1.38. The van der Waals surface area contributed by atoms with E-state index in [9.17, 15) is 13.6 Å². The Kier molecular flexibility index (Phi) is 6.35. The van der Waals surface area contributed by atoms with Crippen LogP contribution in [0.1, 0.15) is 18.0 Å². The van der Waals surface area contributed by atoms with E-state index in [1.807, 2.05) is 18.2 Å². The van der Waals surface area contributed by atoms with E-state index >= 15 is 0 Å². The molecule has 0 bridgehead atoms. The minimum atomic E-state index is -0.718. The third-order valence-corrected chi connectivity index (χ3v) is 3.46. The normalized spacial score (nSPS) is 11.8. The molecule has 1 atom stereocenters. The molecule has 0 aliphatic heterocycles. The van der Waals surface area contributed by atoms with Gasteiger partial charge in [-0.3, -0.25) is 4.79 Å². The fourth-order valence-electron chi connectivity index (χ4n) is 2.13. The van der Waals surface area contributed by atoms with E-state index in [-0.39, 0.29) is 18.1 Å². The number of ether oxygens (including phenoxy) is 1. The number of alkyl halides is 1. The Morgan fingerprint density at radius 2 is 1.91 bits per heavy atom. The van der Waals surface area contributed by atoms with Crippen molar-refractivity contribution in [3.05, 3.63) is 65.7 Å². The lowest BCUT2D eigenvalue weighted by Gasteiger charge is -2.19. The molecule has 0 fully saturated rings. The van der Waals surface area contributed by atoms with E-state index in [4.69, 9.17) is 16.3 Å². The zero-order chi connectivity index (χ0) is 16.7. The molecule has 0 radical (unpaired) electrons. The number of benzene rings is 2. The van der Waals surface area contributed by atoms with Gasteiger partial charge in [0.15, 0.2) is 0 Å². The summed E-state index contributed by atoms with van der Waals surface area (Å²) in [7, 11) is 0. The molecule has 1 N–H and O–H groups in total. The zero-order valence-corrected chi connectivity index (χ0v) is 13.0. The largest absolute Gasteiger partial charge is 0.494 e. The van der Waals surface area contributed by atoms with E-state index in [1.165, 1.54) is 6.07 Å². The summed E-state index contributed by atoms with van der Waals surface area (Å²) in [6, 6.07) is 11.7. The predicted molar refractivity (Wildman–Crippen MR) is 84.5 cm³/mol. The number of hydrogen-bond donors (Lipinski definition) is 1. The Morgan fingerprint density at radius 3 is 2.57 bits per heavy atom. The highest BCUT2D eigenvalue weighted by Crippen LogP contribution is 2.22. The Bertz CT molecular complexity index is 652. The van der Waals surface area contributed by atoms with Gasteiger partial charge in [-0.2, -0.15) is 0 Å². The first-order valence-corrected chi connectivity index (χ1v) is 7.61. The van der Waals surface area contributed by atoms with Crippen molar-refractivity contribution in [2.45, 2.75) is 12.5 Å². The molecule has 2 aromatic rings. The molecule has 3 nitrogen and oxygen atoms in total. The van der Waals surface area contributed by atoms with Crippen molar-refractivity contribution < 1.29 is 18.3 Å². The second-order valence-corrected chi connectivity index (χ2v) is 5.14. The summed E-state index contributed by atoms with van der Waals surface area (Å²) < 4.78 is 32.5. The van der Waals surface area contributed by atoms with Crippen molar-refractivity contribution in [3.63, 3.8) is 0 Å². The van der Waals surface area contributed by atoms with Crippen LogP contribution in [0, 0.1) is 11.6 Å². The molecule has 0 aromatic heterocycles. The van der Waals surface area contributed by atoms with Crippen molar-refractivity contribution in [3.8, 4) is 5.75 Å². The van der Waals surface area contributed by atoms with Crippen LogP contribution in [0.4, 0.5) is 8.78 Å². The lowest BCUT2D eigenvalue weighted by atomic mass is 10.0. The molecule has 1 amide bonds. The van der Waals surface area contributed by atoms with Crippen LogP contribution in [0.5, 0.6) is 5.75 Å². The van der Waals surface area contributed by atoms with Crippen molar-refractivity contribution in [2.75, 3.05) is 12.5 Å². The van der Waals surface area contributed by atoms with Gasteiger partial charge in [0.05, 0.1) is 12.6 Å². The summed E-state index contributed by atoms with van der Waals surface area (Å²) in [6.07, 6.45) is 0.320. The number of hydrogen-bond acceptors (Lipinski definition) is 2. The zero-order valence-electron chi connectivity index (χ0n) is 12.3. The molecule has 0 saturated carbocycles. The molecule has 1 unspecified atom stereocenters. The van der Waals surface area contributed by atoms with Gasteiger partial charge in [0.25, 0.3) is 0 Å². The number of rotatable bonds is 7. The van der Waals surface area contributed by atoms with Crippen LogP contribution < -0.4 is 10.1 Å². The summed E-state index contributed by atoms with van der Waals surface area (Å²) in [4.78, 5) is 11.5. The highest BCUT2D eigenvalue weighted by atomic mass is 35.5. The van der Waals surface area contributed by atoms with Crippen molar-refractivity contribution in [2.24, 2.45) is 0 Å². The van der Waals surface area contributed by atoms with Gasteiger partial charge in [0.2, 0.25) is 5.91 Å². The minimum Gasteiger partial charge on any atom is -0.494 e. The maximum Gasteiger partial charge on any atom is 0.235 e. The number of nitrogens with one attached hydrogen (secondary N) is 1. The topological polar surface area (TPSA) is 38.3 Å². The van der Waals surface area contributed by atoms with Crippen LogP contribution in [0.2, 0.25) is 0 Å². The third kappa shape index (κ3) is 5.21. The lowest BCUT2D eigenvalue weighted by Crippen LogP contribution is -2.31. The summed E-state index contributed by atoms with van der Waals surface area (Å²) in [5, 5.41) is 2.62. The van der Waals surface area contributed by atoms with E-state index < -0.39 is 23.6 Å². The quantitative estimate of drug-likeness (QED) is 0.779. The Hall–Kier alpha value is -2.14. The fraction of sp³-hybridized carbons (Fsp3) is 0.235. The standard InChI is InChI=1S/C17H16ClF2NO2/c18-11-17(22)21-16(14-7-6-12(19)10-15(14)20)8-9-23-13-4-2-1-3-5-13/h1-7,10,16H,8-9,11H2,(H,21,22). The smallest absolute Gasteiger partial charge is 0.235 e. The average molecular weight is 340 g/mol. The monoisotopic (exact) mass is 339 g/mol. The predicted octanol–water partition coefficient (Wildman–Crippen LogP) is 3.83. The molecule has 0 spiro atoms. The van der Waals surface area contributed by atoms with E-state index in [1.54, 1.807) is 12.1 Å². The van der Waals surface area contributed by atoms with Gasteiger partial charge in [-0.05, 0) is 18.2 Å². The summed E-state index contributed by atoms with van der Waals surface area (Å²) >= 11 is 5.48. The van der Waals surface area contributed by atoms with E-state index in [0.29, 0.717) is 12.2 Å². The van der Waals surface area contributed by atoms with Gasteiger partial charge in [0, 0.05) is 18.1 Å². The van der Waals surface area contributed by atoms with Crippen LogP contribution in [0.15, 0.2) is 48.5 Å². The molecule has 2 rings (SSSR count). The number of halogens is 3. The number of amides is 1. The van der Waals surface area contributed by atoms with Crippen LogP contribution >= 0.6 is 11.6 Å². The summed E-state index contributed by atoms with van der Waals surface area (Å²) in [5.41, 5.74) is 0.196. The second kappa shape index (κ2) is 8.48. The van der Waals surface area contributed by atoms with E-state index in [0.717, 1.165) is 12.1 Å². The van der Waals surface area contributed by atoms with Crippen LogP contribution in [0.3, 0.4) is 0 Å². The lowest BCUT2D eigenvalue weighted by molar-refractivity contribution is -0.119. The average Bonchev–Trinajstić information content (AvgIpc) is 2.55. The maximum atomic E-state index is 13.9. The van der Waals surface area contributed by atoms with Crippen LogP contribution in [0.25, 0.3) is 0 Å². The van der Waals surface area contributed by atoms with Gasteiger partial charge in [-0.25, -0.2) is 8.78 Å². The Labute approximate surface area is 138 Å². The highest BCUT2D eigenvalue weighted by Gasteiger charge is 2.18. The number of para-hydroxylation sites is 1. The third-order valence-electron chi connectivity index (χ3n) is 3.21. The molecular formula is C17H16ClF2NO2. The van der Waals surface area contributed by atoms with Crippen molar-refractivity contribution in [1.29, 1.82) is 0 Å². The minimum absolute atomic E-state index is 0.196. The molecule has 0 aliphatic rings. The molecule has 0 aliphatic carbocycles. The van der Waals surface area contributed by atoms with Crippen molar-refractivity contribution in [1.82, 2.24) is 5.32 Å². The summed E-state index contributed by atoms with van der Waals surface area (Å²) in [6.45, 7) is 0.258. The van der Waals surface area contributed by atoms with Gasteiger partial charge in [-0.15, -0.1) is 11.6 Å². The van der Waals surface area contributed by atoms with Crippen LogP contribution in [-0.2, 0) is 4.79 Å². The van der Waals surface area contributed by atoms with Crippen molar-refractivity contribution >= 4 is 17.5 Å². The molecule has 2 aromatic carbocycles. The van der Waals surface area contributed by atoms with Gasteiger partial charge < -0.3 is 10.1 Å². The molecular weight excluding hydrogens is 324 g/mol. The molecule has 0 heterocycles. The SMILES string of the molecule is O=C(CCl)NC(CCOc1ccccc1)c1ccc(F)cc1F. The first-order chi connectivity index (χ1) is 11.1. The molecule has 0 saturated heterocycles. The maximum absolute atomic E-state index is 13.9. The fourth-order valence-corrected chi connectivity index (χ4v) is 2.21. The Balaban J connectivity index is 2.06. The van der Waals surface area contributed by atoms with Gasteiger partial charge in [0.1, 0.15) is 23.3 Å². The first-order valence-electron chi connectivity index (χ1n) is 7.08. The molecule has 23 heavy (non-hydrogen) atoms. The second-order valence-electron chi connectivity index (χ2n) is 4.87. The Morgan fingerprint density at radius 1 is 1.17 bits per heavy atom. The van der Waals surface area contributed by atoms with Gasteiger partial charge in [-0.1, -0.05) is 24.3 Å². The highest BCUT2D eigenvalue weighted by molar-refractivity contribution is 6.27. The molecule has 6 heteroatoms. The molecule has 122 valence electrons. The van der Waals surface area contributed by atoms with E-state index in [2.05, 4.69) is 5.32 Å². The number of carbonyl (C=O) groups excluding carboxylic acids is 1. The van der Waals surface area contributed by atoms with Gasteiger partial charge >= 0.3 is 0 Å². The van der Waals surface area contributed by atoms with Crippen LogP contribution in [-0.4, -0.2) is 18.4 Å². The first kappa shape index (κ1) is 17.2. The number of carbonyl (C=O) groups is 1.